The number of aromatic nitrogens is 4. The number of anilines is 1. The Morgan fingerprint density at radius 3 is 2.80 bits per heavy atom. The highest BCUT2D eigenvalue weighted by molar-refractivity contribution is 5.90. The molecule has 1 amide bonds. The average molecular weight is 203 g/mol. The van der Waals surface area contributed by atoms with Crippen LogP contribution in [0.5, 0.6) is 0 Å². The van der Waals surface area contributed by atoms with E-state index < -0.39 is 0 Å². The fraction of sp³-hybridized carbons (Fsp3) is 0.111. The lowest BCUT2D eigenvalue weighted by molar-refractivity contribution is -0.115. The highest BCUT2D eigenvalue weighted by atomic mass is 16.1. The maximum atomic E-state index is 11.4. The maximum Gasteiger partial charge on any atom is 0.232 e. The van der Waals surface area contributed by atoms with Gasteiger partial charge >= 0.3 is 0 Å². The Labute approximate surface area is 85.8 Å². The summed E-state index contributed by atoms with van der Waals surface area (Å²) in [5.74, 6) is 0.132. The van der Waals surface area contributed by atoms with Gasteiger partial charge in [0.2, 0.25) is 11.9 Å². The van der Waals surface area contributed by atoms with Gasteiger partial charge in [-0.3, -0.25) is 15.2 Å². The second kappa shape index (κ2) is 4.32. The second-order valence-corrected chi connectivity index (χ2v) is 2.88. The van der Waals surface area contributed by atoms with E-state index in [1.807, 2.05) is 0 Å². The maximum absolute atomic E-state index is 11.4. The van der Waals surface area contributed by atoms with E-state index in [9.17, 15) is 4.79 Å². The predicted octanol–water partition coefficient (Wildman–Crippen LogP) is 0.381. The first kappa shape index (κ1) is 9.32. The molecule has 6 nitrogen and oxygen atoms in total. The summed E-state index contributed by atoms with van der Waals surface area (Å²) in [4.78, 5) is 19.2. The number of amides is 1. The standard InChI is InChI=1S/C9H9N5O/c15-8(6-7-2-5-12-14-7)13-9-10-3-1-4-11-9/h1-5H,6H2,(H,12,14)(H,10,11,13,15). The van der Waals surface area contributed by atoms with E-state index in [0.29, 0.717) is 5.95 Å². The molecule has 15 heavy (non-hydrogen) atoms. The number of nitrogens with zero attached hydrogens (tertiary/aromatic N) is 3. The molecule has 0 atom stereocenters. The van der Waals surface area contributed by atoms with E-state index in [0.717, 1.165) is 5.69 Å². The first-order valence-electron chi connectivity index (χ1n) is 4.40. The van der Waals surface area contributed by atoms with E-state index in [1.165, 1.54) is 0 Å². The van der Waals surface area contributed by atoms with E-state index in [-0.39, 0.29) is 12.3 Å². The zero-order valence-corrected chi connectivity index (χ0v) is 7.84. The van der Waals surface area contributed by atoms with Crippen LogP contribution in [0.15, 0.2) is 30.7 Å². The summed E-state index contributed by atoms with van der Waals surface area (Å²) in [6, 6.07) is 3.43. The molecule has 0 unspecified atom stereocenters. The van der Waals surface area contributed by atoms with Crippen LogP contribution >= 0.6 is 0 Å². The molecule has 2 heterocycles. The zero-order valence-electron chi connectivity index (χ0n) is 7.84. The number of carbonyl (C=O) groups is 1. The lowest BCUT2D eigenvalue weighted by Gasteiger charge is -2.00. The molecular weight excluding hydrogens is 194 g/mol. The van der Waals surface area contributed by atoms with Crippen LogP contribution in [0.3, 0.4) is 0 Å². The highest BCUT2D eigenvalue weighted by Gasteiger charge is 2.05. The third-order valence-corrected chi connectivity index (χ3v) is 1.73. The molecule has 2 N–H and O–H groups in total. The van der Waals surface area contributed by atoms with Gasteiger partial charge in [-0.05, 0) is 12.1 Å². The quantitative estimate of drug-likeness (QED) is 0.755. The highest BCUT2D eigenvalue weighted by Crippen LogP contribution is 1.98. The summed E-state index contributed by atoms with van der Waals surface area (Å²) in [5, 5.41) is 9.02. The lowest BCUT2D eigenvalue weighted by Crippen LogP contribution is -2.16. The van der Waals surface area contributed by atoms with Gasteiger partial charge < -0.3 is 0 Å². The summed E-state index contributed by atoms with van der Waals surface area (Å²) in [5.41, 5.74) is 0.753. The van der Waals surface area contributed by atoms with Gasteiger partial charge in [-0.15, -0.1) is 0 Å². The minimum absolute atomic E-state index is 0.176. The van der Waals surface area contributed by atoms with Gasteiger partial charge in [0, 0.05) is 24.3 Å². The van der Waals surface area contributed by atoms with Gasteiger partial charge in [-0.1, -0.05) is 0 Å². The Morgan fingerprint density at radius 1 is 1.33 bits per heavy atom. The molecule has 0 saturated carbocycles. The molecule has 0 saturated heterocycles. The van der Waals surface area contributed by atoms with Crippen molar-refractivity contribution in [2.45, 2.75) is 6.42 Å². The molecule has 76 valence electrons. The van der Waals surface area contributed by atoms with Gasteiger partial charge in [0.05, 0.1) is 6.42 Å². The Kier molecular flexibility index (Phi) is 2.68. The van der Waals surface area contributed by atoms with Crippen molar-refractivity contribution in [3.8, 4) is 0 Å². The van der Waals surface area contributed by atoms with Crippen molar-refractivity contribution in [2.24, 2.45) is 0 Å². The van der Waals surface area contributed by atoms with Crippen molar-refractivity contribution in [1.82, 2.24) is 20.2 Å². The van der Waals surface area contributed by atoms with Crippen molar-refractivity contribution in [2.75, 3.05) is 5.32 Å². The van der Waals surface area contributed by atoms with Crippen LogP contribution in [0, 0.1) is 0 Å². The van der Waals surface area contributed by atoms with Crippen LogP contribution in [0.25, 0.3) is 0 Å². The van der Waals surface area contributed by atoms with Crippen LogP contribution < -0.4 is 5.32 Å². The Bertz CT molecular complexity index is 425. The molecule has 2 aromatic heterocycles. The van der Waals surface area contributed by atoms with E-state index in [1.54, 1.807) is 30.7 Å². The fourth-order valence-corrected chi connectivity index (χ4v) is 1.09. The number of hydrogen-bond donors (Lipinski definition) is 2. The number of hydrogen-bond acceptors (Lipinski definition) is 4. The topological polar surface area (TPSA) is 83.6 Å². The van der Waals surface area contributed by atoms with Crippen LogP contribution in [-0.4, -0.2) is 26.1 Å². The minimum atomic E-state index is -0.176. The molecule has 0 aromatic carbocycles. The van der Waals surface area contributed by atoms with Crippen LogP contribution in [0.1, 0.15) is 5.69 Å². The average Bonchev–Trinajstić information content (AvgIpc) is 2.71. The number of carbonyl (C=O) groups excluding carboxylic acids is 1. The molecule has 0 aliphatic heterocycles. The molecule has 6 heteroatoms. The zero-order chi connectivity index (χ0) is 10.5. The summed E-state index contributed by atoms with van der Waals surface area (Å²) >= 11 is 0. The summed E-state index contributed by atoms with van der Waals surface area (Å²) in [6.07, 6.45) is 4.97. The van der Waals surface area contributed by atoms with E-state index >= 15 is 0 Å². The predicted molar refractivity (Wildman–Crippen MR) is 53.0 cm³/mol. The molecule has 0 spiro atoms. The summed E-state index contributed by atoms with van der Waals surface area (Å²) in [7, 11) is 0. The third-order valence-electron chi connectivity index (χ3n) is 1.73. The second-order valence-electron chi connectivity index (χ2n) is 2.88. The smallest absolute Gasteiger partial charge is 0.232 e. The number of rotatable bonds is 3. The Morgan fingerprint density at radius 2 is 2.13 bits per heavy atom. The molecule has 0 radical (unpaired) electrons. The normalized spacial score (nSPS) is 9.87. The first-order valence-corrected chi connectivity index (χ1v) is 4.40. The van der Waals surface area contributed by atoms with Crippen LogP contribution in [0.4, 0.5) is 5.95 Å². The van der Waals surface area contributed by atoms with Crippen molar-refractivity contribution in [3.05, 3.63) is 36.4 Å². The van der Waals surface area contributed by atoms with Gasteiger partial charge in [0.1, 0.15) is 0 Å². The number of aromatic amines is 1. The van der Waals surface area contributed by atoms with Gasteiger partial charge in [0.15, 0.2) is 0 Å². The molecule has 0 aliphatic rings. The van der Waals surface area contributed by atoms with Crippen molar-refractivity contribution >= 4 is 11.9 Å². The van der Waals surface area contributed by atoms with E-state index in [2.05, 4.69) is 25.5 Å². The minimum Gasteiger partial charge on any atom is -0.294 e. The van der Waals surface area contributed by atoms with Gasteiger partial charge in [-0.25, -0.2) is 9.97 Å². The van der Waals surface area contributed by atoms with E-state index in [4.69, 9.17) is 0 Å². The SMILES string of the molecule is O=C(Cc1ccn[nH]1)Nc1ncccn1. The number of nitrogens with one attached hydrogen (secondary N) is 2. The molecule has 0 aliphatic carbocycles. The molecule has 0 fully saturated rings. The Hall–Kier alpha value is -2.24. The van der Waals surface area contributed by atoms with Crippen molar-refractivity contribution < 1.29 is 4.79 Å². The van der Waals surface area contributed by atoms with Gasteiger partial charge in [0.25, 0.3) is 0 Å². The summed E-state index contributed by atoms with van der Waals surface area (Å²) in [6.45, 7) is 0. The molecular formula is C9H9N5O. The first-order chi connectivity index (χ1) is 7.34. The van der Waals surface area contributed by atoms with Crippen LogP contribution in [0.2, 0.25) is 0 Å². The molecule has 2 rings (SSSR count). The molecule has 0 bridgehead atoms. The number of H-pyrrole nitrogens is 1. The van der Waals surface area contributed by atoms with Crippen molar-refractivity contribution in [3.63, 3.8) is 0 Å². The monoisotopic (exact) mass is 203 g/mol. The van der Waals surface area contributed by atoms with Crippen LogP contribution in [-0.2, 0) is 11.2 Å². The fourth-order valence-electron chi connectivity index (χ4n) is 1.09. The van der Waals surface area contributed by atoms with Gasteiger partial charge in [-0.2, -0.15) is 5.10 Å². The summed E-state index contributed by atoms with van der Waals surface area (Å²) < 4.78 is 0. The largest absolute Gasteiger partial charge is 0.294 e. The Balaban J connectivity index is 1.94. The third kappa shape index (κ3) is 2.60. The molecule has 2 aromatic rings. The lowest BCUT2D eigenvalue weighted by atomic mass is 10.3. The van der Waals surface area contributed by atoms with Crippen molar-refractivity contribution in [1.29, 1.82) is 0 Å².